The van der Waals surface area contributed by atoms with Gasteiger partial charge in [-0.25, -0.2) is 14.5 Å². The van der Waals surface area contributed by atoms with Crippen molar-refractivity contribution in [2.75, 3.05) is 37.1 Å². The third-order valence-electron chi connectivity index (χ3n) is 4.93. The number of esters is 1. The lowest BCUT2D eigenvalue weighted by Crippen LogP contribution is -2.39. The molecule has 1 fully saturated rings. The third kappa shape index (κ3) is 5.12. The highest BCUT2D eigenvalue weighted by atomic mass is 16.5. The van der Waals surface area contributed by atoms with Gasteiger partial charge in [0.1, 0.15) is 6.04 Å². The normalized spacial score (nSPS) is 15.8. The number of ether oxygens (including phenoxy) is 2. The molecule has 1 atom stereocenters. The maximum atomic E-state index is 13.1. The first-order valence-electron chi connectivity index (χ1n) is 10.2. The smallest absolute Gasteiger partial charge is 0.338 e. The second-order valence-electron chi connectivity index (χ2n) is 7.04. The molecule has 168 valence electrons. The molecule has 32 heavy (non-hydrogen) atoms. The summed E-state index contributed by atoms with van der Waals surface area (Å²) in [6, 6.07) is 13.4. The van der Waals surface area contributed by atoms with Crippen LogP contribution in [0.5, 0.6) is 0 Å². The highest BCUT2D eigenvalue weighted by molar-refractivity contribution is 6.22. The number of rotatable bonds is 9. The number of anilines is 2. The molecule has 9 nitrogen and oxygen atoms in total. The molecule has 4 amide bonds. The Morgan fingerprint density at radius 3 is 2.34 bits per heavy atom. The fourth-order valence-electron chi connectivity index (χ4n) is 3.38. The molecule has 0 spiro atoms. The quantitative estimate of drug-likeness (QED) is 0.476. The first-order valence-corrected chi connectivity index (χ1v) is 10.2. The number of urea groups is 1. The van der Waals surface area contributed by atoms with Gasteiger partial charge in [-0.05, 0) is 43.3 Å². The van der Waals surface area contributed by atoms with E-state index in [1.54, 1.807) is 61.5 Å². The van der Waals surface area contributed by atoms with Crippen molar-refractivity contribution in [3.63, 3.8) is 0 Å². The van der Waals surface area contributed by atoms with Crippen LogP contribution in [-0.2, 0) is 19.1 Å². The van der Waals surface area contributed by atoms with Crippen LogP contribution in [0.3, 0.4) is 0 Å². The summed E-state index contributed by atoms with van der Waals surface area (Å²) in [5.41, 5.74) is 1.27. The van der Waals surface area contributed by atoms with Crippen LogP contribution >= 0.6 is 0 Å². The Morgan fingerprint density at radius 1 is 1.03 bits per heavy atom. The lowest BCUT2D eigenvalue weighted by molar-refractivity contribution is -0.124. The predicted octanol–water partition coefficient (Wildman–Crippen LogP) is 2.68. The Balaban J connectivity index is 1.72. The molecule has 1 saturated heterocycles. The van der Waals surface area contributed by atoms with Crippen molar-refractivity contribution in [1.82, 2.24) is 4.90 Å². The summed E-state index contributed by atoms with van der Waals surface area (Å²) < 4.78 is 10.00. The average molecular weight is 439 g/mol. The highest BCUT2D eigenvalue weighted by Crippen LogP contribution is 2.27. The maximum absolute atomic E-state index is 13.1. The van der Waals surface area contributed by atoms with Crippen molar-refractivity contribution in [2.45, 2.75) is 19.4 Å². The summed E-state index contributed by atoms with van der Waals surface area (Å²) in [6.07, 6.45) is -0.211. The minimum absolute atomic E-state index is 0.177. The SMILES string of the molecule is CCOC(=O)c1ccc(NC(=O)CC2C(=O)N(c3ccccc3)C(=O)N2CCOC)cc1. The fraction of sp³-hybridized carbons (Fsp3) is 0.304. The first-order chi connectivity index (χ1) is 15.5. The number of hydrogen-bond acceptors (Lipinski definition) is 6. The van der Waals surface area contributed by atoms with E-state index in [0.717, 1.165) is 4.90 Å². The summed E-state index contributed by atoms with van der Waals surface area (Å²) in [7, 11) is 1.50. The molecular formula is C23H25N3O6. The number of carbonyl (C=O) groups is 4. The van der Waals surface area contributed by atoms with Gasteiger partial charge in [-0.2, -0.15) is 0 Å². The van der Waals surface area contributed by atoms with Crippen LogP contribution in [-0.4, -0.2) is 61.6 Å². The number of benzene rings is 2. The second-order valence-corrected chi connectivity index (χ2v) is 7.04. The largest absolute Gasteiger partial charge is 0.462 e. The summed E-state index contributed by atoms with van der Waals surface area (Å²) in [5.74, 6) is -1.35. The third-order valence-corrected chi connectivity index (χ3v) is 4.93. The number of carbonyl (C=O) groups excluding carboxylic acids is 4. The Bertz CT molecular complexity index is 977. The van der Waals surface area contributed by atoms with E-state index in [1.165, 1.54) is 12.0 Å². The van der Waals surface area contributed by atoms with Gasteiger partial charge in [0.25, 0.3) is 5.91 Å². The van der Waals surface area contributed by atoms with Gasteiger partial charge >= 0.3 is 12.0 Å². The van der Waals surface area contributed by atoms with Gasteiger partial charge in [-0.1, -0.05) is 18.2 Å². The zero-order valence-corrected chi connectivity index (χ0v) is 17.9. The van der Waals surface area contributed by atoms with Crippen LogP contribution in [0.2, 0.25) is 0 Å². The lowest BCUT2D eigenvalue weighted by Gasteiger charge is -2.21. The Kier molecular flexibility index (Phi) is 7.56. The van der Waals surface area contributed by atoms with Crippen LogP contribution < -0.4 is 10.2 Å². The monoisotopic (exact) mass is 439 g/mol. The van der Waals surface area contributed by atoms with E-state index in [1.807, 2.05) is 0 Å². The van der Waals surface area contributed by atoms with Crippen molar-refractivity contribution in [3.05, 3.63) is 60.2 Å². The molecule has 2 aromatic carbocycles. The first kappa shape index (κ1) is 23.0. The zero-order chi connectivity index (χ0) is 23.1. The maximum Gasteiger partial charge on any atom is 0.338 e. The molecule has 9 heteroatoms. The molecule has 0 saturated carbocycles. The van der Waals surface area contributed by atoms with Crippen molar-refractivity contribution >= 4 is 35.2 Å². The summed E-state index contributed by atoms with van der Waals surface area (Å²) >= 11 is 0. The van der Waals surface area contributed by atoms with Crippen LogP contribution in [0, 0.1) is 0 Å². The molecule has 1 N–H and O–H groups in total. The fourth-order valence-corrected chi connectivity index (χ4v) is 3.38. The Labute approximate surface area is 185 Å². The van der Waals surface area contributed by atoms with Crippen LogP contribution in [0.1, 0.15) is 23.7 Å². The van der Waals surface area contributed by atoms with Gasteiger partial charge in [0.15, 0.2) is 0 Å². The predicted molar refractivity (Wildman–Crippen MR) is 117 cm³/mol. The van der Waals surface area contributed by atoms with E-state index < -0.39 is 29.9 Å². The topological polar surface area (TPSA) is 105 Å². The number of nitrogens with zero attached hydrogens (tertiary/aromatic N) is 2. The number of amides is 4. The van der Waals surface area contributed by atoms with Crippen molar-refractivity contribution < 1.29 is 28.7 Å². The number of nitrogens with one attached hydrogen (secondary N) is 1. The number of methoxy groups -OCH3 is 1. The van der Waals surface area contributed by atoms with Gasteiger partial charge in [-0.15, -0.1) is 0 Å². The summed E-state index contributed by atoms with van der Waals surface area (Å²) in [4.78, 5) is 52.8. The van der Waals surface area contributed by atoms with Crippen LogP contribution in [0.4, 0.5) is 16.2 Å². The lowest BCUT2D eigenvalue weighted by atomic mass is 10.1. The molecule has 1 heterocycles. The average Bonchev–Trinajstić information content (AvgIpc) is 3.02. The van der Waals surface area contributed by atoms with E-state index in [4.69, 9.17) is 9.47 Å². The van der Waals surface area contributed by atoms with E-state index in [-0.39, 0.29) is 26.2 Å². The van der Waals surface area contributed by atoms with Gasteiger partial charge < -0.3 is 19.7 Å². The Morgan fingerprint density at radius 2 is 1.72 bits per heavy atom. The highest BCUT2D eigenvalue weighted by Gasteiger charge is 2.46. The standard InChI is InChI=1S/C23H25N3O6/c1-3-32-22(29)16-9-11-17(12-10-16)24-20(27)15-19-21(28)26(18-7-5-4-6-8-18)23(30)25(19)13-14-31-2/h4-12,19H,3,13-15H2,1-2H3,(H,24,27). The number of imide groups is 1. The molecule has 3 rings (SSSR count). The molecule has 1 unspecified atom stereocenters. The zero-order valence-electron chi connectivity index (χ0n) is 17.9. The molecular weight excluding hydrogens is 414 g/mol. The Hall–Kier alpha value is -3.72. The molecule has 1 aliphatic rings. The molecule has 0 aromatic heterocycles. The molecule has 0 bridgehead atoms. The van der Waals surface area contributed by atoms with Gasteiger partial charge in [0, 0.05) is 19.3 Å². The van der Waals surface area contributed by atoms with Crippen molar-refractivity contribution in [3.8, 4) is 0 Å². The van der Waals surface area contributed by atoms with Crippen molar-refractivity contribution in [2.24, 2.45) is 0 Å². The minimum atomic E-state index is -0.948. The van der Waals surface area contributed by atoms with E-state index in [9.17, 15) is 19.2 Å². The molecule has 1 aliphatic heterocycles. The van der Waals surface area contributed by atoms with Crippen LogP contribution in [0.25, 0.3) is 0 Å². The molecule has 0 aliphatic carbocycles. The summed E-state index contributed by atoms with van der Waals surface area (Å²) in [6.45, 7) is 2.40. The van der Waals surface area contributed by atoms with Crippen molar-refractivity contribution in [1.29, 1.82) is 0 Å². The number of para-hydroxylation sites is 1. The van der Waals surface area contributed by atoms with Gasteiger partial charge in [-0.3, -0.25) is 9.59 Å². The second kappa shape index (κ2) is 10.5. The molecule has 2 aromatic rings. The number of hydrogen-bond donors (Lipinski definition) is 1. The summed E-state index contributed by atoms with van der Waals surface area (Å²) in [5, 5.41) is 2.70. The van der Waals surface area contributed by atoms with Crippen LogP contribution in [0.15, 0.2) is 54.6 Å². The van der Waals surface area contributed by atoms with Gasteiger partial charge in [0.05, 0.1) is 30.9 Å². The minimum Gasteiger partial charge on any atom is -0.462 e. The van der Waals surface area contributed by atoms with E-state index >= 15 is 0 Å². The van der Waals surface area contributed by atoms with E-state index in [0.29, 0.717) is 16.9 Å². The molecule has 0 radical (unpaired) electrons. The van der Waals surface area contributed by atoms with Gasteiger partial charge in [0.2, 0.25) is 5.91 Å². The van der Waals surface area contributed by atoms with E-state index in [2.05, 4.69) is 5.32 Å².